The van der Waals surface area contributed by atoms with Crippen molar-refractivity contribution in [3.63, 3.8) is 0 Å². The molecule has 27 heavy (non-hydrogen) atoms. The van der Waals surface area contributed by atoms with Crippen LogP contribution < -0.4 is 10.6 Å². The zero-order valence-electron chi connectivity index (χ0n) is 16.3. The van der Waals surface area contributed by atoms with E-state index in [9.17, 15) is 4.39 Å². The molecule has 7 heteroatoms. The fourth-order valence-electron chi connectivity index (χ4n) is 3.85. The summed E-state index contributed by atoms with van der Waals surface area (Å²) in [6, 6.07) is 7.52. The van der Waals surface area contributed by atoms with Gasteiger partial charge in [0.05, 0.1) is 6.61 Å². The third-order valence-electron chi connectivity index (χ3n) is 5.70. The van der Waals surface area contributed by atoms with Crippen LogP contribution in [0.5, 0.6) is 0 Å². The number of nitrogens with zero attached hydrogens (tertiary/aromatic N) is 2. The van der Waals surface area contributed by atoms with E-state index in [2.05, 4.69) is 20.5 Å². The van der Waals surface area contributed by atoms with Gasteiger partial charge in [-0.15, -0.1) is 24.0 Å². The molecule has 1 aliphatic heterocycles. The zero-order chi connectivity index (χ0) is 18.4. The van der Waals surface area contributed by atoms with Gasteiger partial charge in [0.2, 0.25) is 0 Å². The van der Waals surface area contributed by atoms with Gasteiger partial charge in [0.25, 0.3) is 0 Å². The number of methoxy groups -OCH3 is 1. The highest BCUT2D eigenvalue weighted by Gasteiger charge is 2.44. The van der Waals surface area contributed by atoms with Crippen LogP contribution in [-0.4, -0.2) is 63.8 Å². The topological polar surface area (TPSA) is 48.9 Å². The van der Waals surface area contributed by atoms with Crippen LogP contribution in [0.4, 0.5) is 4.39 Å². The van der Waals surface area contributed by atoms with Gasteiger partial charge in [0.15, 0.2) is 5.96 Å². The predicted molar refractivity (Wildman–Crippen MR) is 119 cm³/mol. The lowest BCUT2D eigenvalue weighted by Gasteiger charge is -2.25. The molecule has 0 spiro atoms. The Labute approximate surface area is 179 Å². The summed E-state index contributed by atoms with van der Waals surface area (Å²) in [5, 5.41) is 6.91. The van der Waals surface area contributed by atoms with E-state index in [-0.39, 0.29) is 35.2 Å². The van der Waals surface area contributed by atoms with Gasteiger partial charge in [-0.25, -0.2) is 4.39 Å². The van der Waals surface area contributed by atoms with Crippen LogP contribution in [0.1, 0.15) is 31.2 Å². The average molecular weight is 490 g/mol. The first-order valence-electron chi connectivity index (χ1n) is 9.60. The van der Waals surface area contributed by atoms with Crippen molar-refractivity contribution in [3.8, 4) is 0 Å². The molecule has 1 atom stereocenters. The summed E-state index contributed by atoms with van der Waals surface area (Å²) in [6.45, 7) is 4.58. The summed E-state index contributed by atoms with van der Waals surface area (Å²) in [5.74, 6) is 0.667. The fourth-order valence-corrected chi connectivity index (χ4v) is 3.85. The molecule has 2 N–H and O–H groups in total. The molecule has 1 heterocycles. The molecule has 1 unspecified atom stereocenters. The second-order valence-electron chi connectivity index (χ2n) is 7.42. The van der Waals surface area contributed by atoms with E-state index in [1.54, 1.807) is 26.3 Å². The van der Waals surface area contributed by atoms with E-state index >= 15 is 0 Å². The largest absolute Gasteiger partial charge is 0.383 e. The summed E-state index contributed by atoms with van der Waals surface area (Å²) in [7, 11) is 3.55. The molecule has 1 aromatic rings. The number of benzene rings is 1. The monoisotopic (exact) mass is 490 g/mol. The van der Waals surface area contributed by atoms with Crippen LogP contribution in [0, 0.1) is 5.82 Å². The molecule has 2 fully saturated rings. The molecule has 0 amide bonds. The number of aliphatic imine (C=N–C) groups is 1. The quantitative estimate of drug-likeness (QED) is 0.335. The molecule has 5 nitrogen and oxygen atoms in total. The standard InChI is InChI=1S/C20H31FN4O.HI/c1-22-19(23-14-18-7-4-10-25(18)11-12-26-2)24-15-20(8-9-20)16-5-3-6-17(21)13-16;/h3,5-6,13,18H,4,7-12,14-15H2,1-2H3,(H2,22,23,24);1H. The average Bonchev–Trinajstić information content (AvgIpc) is 3.32. The molecule has 1 aromatic carbocycles. The van der Waals surface area contributed by atoms with Gasteiger partial charge < -0.3 is 15.4 Å². The van der Waals surface area contributed by atoms with Gasteiger partial charge in [-0.2, -0.15) is 0 Å². The van der Waals surface area contributed by atoms with Crippen molar-refractivity contribution in [2.45, 2.75) is 37.1 Å². The molecule has 0 radical (unpaired) electrons. The van der Waals surface area contributed by atoms with Gasteiger partial charge in [-0.3, -0.25) is 9.89 Å². The van der Waals surface area contributed by atoms with E-state index in [0.717, 1.165) is 57.2 Å². The molecule has 2 aliphatic rings. The molecule has 1 saturated carbocycles. The Bertz CT molecular complexity index is 624. The molecular formula is C20H32FIN4O. The number of ether oxygens (including phenoxy) is 1. The lowest BCUT2D eigenvalue weighted by Crippen LogP contribution is -2.47. The van der Waals surface area contributed by atoms with Crippen molar-refractivity contribution in [1.29, 1.82) is 0 Å². The van der Waals surface area contributed by atoms with Crippen LogP contribution in [-0.2, 0) is 10.2 Å². The van der Waals surface area contributed by atoms with Crippen molar-refractivity contribution in [2.24, 2.45) is 4.99 Å². The number of hydrogen-bond acceptors (Lipinski definition) is 3. The lowest BCUT2D eigenvalue weighted by atomic mass is 9.96. The molecule has 0 bridgehead atoms. The second-order valence-corrected chi connectivity index (χ2v) is 7.42. The minimum Gasteiger partial charge on any atom is -0.383 e. The maximum Gasteiger partial charge on any atom is 0.191 e. The summed E-state index contributed by atoms with van der Waals surface area (Å²) < 4.78 is 18.7. The SMILES string of the molecule is CN=C(NCC1CCCN1CCOC)NCC1(c2cccc(F)c2)CC1.I. The Kier molecular flexibility index (Phi) is 8.75. The Morgan fingerprint density at radius 1 is 1.37 bits per heavy atom. The van der Waals surface area contributed by atoms with Gasteiger partial charge in [0.1, 0.15) is 5.82 Å². The van der Waals surface area contributed by atoms with E-state index in [0.29, 0.717) is 6.04 Å². The van der Waals surface area contributed by atoms with Crippen molar-refractivity contribution in [1.82, 2.24) is 15.5 Å². The summed E-state index contributed by atoms with van der Waals surface area (Å²) in [4.78, 5) is 6.84. The number of likely N-dealkylation sites (tertiary alicyclic amines) is 1. The van der Waals surface area contributed by atoms with Gasteiger partial charge >= 0.3 is 0 Å². The van der Waals surface area contributed by atoms with E-state index in [1.165, 1.54) is 18.9 Å². The summed E-state index contributed by atoms with van der Waals surface area (Å²) >= 11 is 0. The zero-order valence-corrected chi connectivity index (χ0v) is 18.7. The Hall–Kier alpha value is -0.930. The van der Waals surface area contributed by atoms with Crippen LogP contribution in [0.15, 0.2) is 29.3 Å². The van der Waals surface area contributed by atoms with Crippen LogP contribution >= 0.6 is 24.0 Å². The lowest BCUT2D eigenvalue weighted by molar-refractivity contribution is 0.141. The fraction of sp³-hybridized carbons (Fsp3) is 0.650. The third-order valence-corrected chi connectivity index (χ3v) is 5.70. The third kappa shape index (κ3) is 6.02. The highest BCUT2D eigenvalue weighted by atomic mass is 127. The number of halogens is 2. The first-order valence-corrected chi connectivity index (χ1v) is 9.60. The summed E-state index contributed by atoms with van der Waals surface area (Å²) in [6.07, 6.45) is 4.63. The number of rotatable bonds is 8. The van der Waals surface area contributed by atoms with Gasteiger partial charge in [-0.1, -0.05) is 12.1 Å². The minimum absolute atomic E-state index is 0. The van der Waals surface area contributed by atoms with Crippen molar-refractivity contribution in [3.05, 3.63) is 35.6 Å². The number of hydrogen-bond donors (Lipinski definition) is 2. The number of guanidine groups is 1. The van der Waals surface area contributed by atoms with Gasteiger partial charge in [-0.05, 0) is 49.9 Å². The smallest absolute Gasteiger partial charge is 0.191 e. The molecule has 1 aliphatic carbocycles. The predicted octanol–water partition coefficient (Wildman–Crippen LogP) is 2.75. The van der Waals surface area contributed by atoms with E-state index in [1.807, 2.05) is 6.07 Å². The van der Waals surface area contributed by atoms with E-state index < -0.39 is 0 Å². The molecular weight excluding hydrogens is 458 g/mol. The normalized spacial score (nSPS) is 21.6. The van der Waals surface area contributed by atoms with Crippen LogP contribution in [0.25, 0.3) is 0 Å². The first-order chi connectivity index (χ1) is 12.7. The Morgan fingerprint density at radius 3 is 2.85 bits per heavy atom. The van der Waals surface area contributed by atoms with Crippen LogP contribution in [0.2, 0.25) is 0 Å². The Morgan fingerprint density at radius 2 is 2.19 bits per heavy atom. The molecule has 3 rings (SSSR count). The van der Waals surface area contributed by atoms with Crippen molar-refractivity contribution < 1.29 is 9.13 Å². The second kappa shape index (κ2) is 10.6. The molecule has 1 saturated heterocycles. The first kappa shape index (κ1) is 22.4. The maximum absolute atomic E-state index is 13.5. The maximum atomic E-state index is 13.5. The molecule has 152 valence electrons. The molecule has 0 aromatic heterocycles. The Balaban J connectivity index is 0.00000261. The van der Waals surface area contributed by atoms with Crippen LogP contribution in [0.3, 0.4) is 0 Å². The van der Waals surface area contributed by atoms with Crippen molar-refractivity contribution in [2.75, 3.05) is 46.9 Å². The minimum atomic E-state index is -0.159. The highest BCUT2D eigenvalue weighted by Crippen LogP contribution is 2.47. The summed E-state index contributed by atoms with van der Waals surface area (Å²) in [5.41, 5.74) is 1.14. The van der Waals surface area contributed by atoms with Crippen molar-refractivity contribution >= 4 is 29.9 Å². The van der Waals surface area contributed by atoms with Gasteiger partial charge in [0, 0.05) is 45.2 Å². The van der Waals surface area contributed by atoms with E-state index in [4.69, 9.17) is 4.74 Å². The number of nitrogens with one attached hydrogen (secondary N) is 2. The highest BCUT2D eigenvalue weighted by molar-refractivity contribution is 14.0.